The number of hydrazine groups is 1. The molecule has 0 spiro atoms. The van der Waals surface area contributed by atoms with Gasteiger partial charge in [-0.15, -0.1) is 0 Å². The quantitative estimate of drug-likeness (QED) is 0.643. The molecule has 0 bridgehead atoms. The maximum atomic E-state index is 5.73. The Morgan fingerprint density at radius 1 is 1.26 bits per heavy atom. The lowest BCUT2D eigenvalue weighted by Gasteiger charge is -2.21. The van der Waals surface area contributed by atoms with Crippen LogP contribution in [0.1, 0.15) is 52.2 Å². The van der Waals surface area contributed by atoms with Crippen LogP contribution in [0.15, 0.2) is 24.3 Å². The highest BCUT2D eigenvalue weighted by atomic mass is 15.2. The zero-order chi connectivity index (χ0) is 14.3. The van der Waals surface area contributed by atoms with Crippen LogP contribution in [0.25, 0.3) is 0 Å². The molecule has 106 valence electrons. The third-order valence-corrected chi connectivity index (χ3v) is 4.57. The van der Waals surface area contributed by atoms with E-state index in [1.165, 1.54) is 17.5 Å². The number of rotatable bonds is 4. The summed E-state index contributed by atoms with van der Waals surface area (Å²) in [5, 5.41) is 0. The van der Waals surface area contributed by atoms with Crippen LogP contribution in [0.5, 0.6) is 0 Å². The van der Waals surface area contributed by atoms with Gasteiger partial charge in [0, 0.05) is 6.04 Å². The number of benzene rings is 1. The summed E-state index contributed by atoms with van der Waals surface area (Å²) in [6.45, 7) is 11.4. The minimum absolute atomic E-state index is 0.225. The van der Waals surface area contributed by atoms with E-state index < -0.39 is 0 Å². The predicted octanol–water partition coefficient (Wildman–Crippen LogP) is 3.40. The van der Waals surface area contributed by atoms with E-state index in [-0.39, 0.29) is 5.41 Å². The highest BCUT2D eigenvalue weighted by molar-refractivity contribution is 5.28. The van der Waals surface area contributed by atoms with Crippen LogP contribution >= 0.6 is 0 Å². The Morgan fingerprint density at radius 2 is 1.79 bits per heavy atom. The zero-order valence-corrected chi connectivity index (χ0v) is 13.0. The van der Waals surface area contributed by atoms with Crippen molar-refractivity contribution in [1.29, 1.82) is 0 Å². The van der Waals surface area contributed by atoms with Gasteiger partial charge in [0.25, 0.3) is 0 Å². The molecule has 0 amide bonds. The van der Waals surface area contributed by atoms with Crippen molar-refractivity contribution in [2.45, 2.75) is 58.9 Å². The molecule has 1 aliphatic carbocycles. The van der Waals surface area contributed by atoms with Gasteiger partial charge in [-0.05, 0) is 40.7 Å². The van der Waals surface area contributed by atoms with E-state index in [9.17, 15) is 0 Å². The molecule has 1 aromatic carbocycles. The molecular weight excluding hydrogens is 232 g/mol. The van der Waals surface area contributed by atoms with Crippen molar-refractivity contribution in [2.75, 3.05) is 0 Å². The largest absolute Gasteiger partial charge is 0.271 e. The normalized spacial score (nSPS) is 23.2. The lowest BCUT2D eigenvalue weighted by atomic mass is 9.86. The van der Waals surface area contributed by atoms with Crippen LogP contribution < -0.4 is 11.3 Å². The maximum Gasteiger partial charge on any atom is 0.0284 e. The van der Waals surface area contributed by atoms with Crippen LogP contribution in [-0.4, -0.2) is 6.04 Å². The lowest BCUT2D eigenvalue weighted by molar-refractivity contribution is 0.408. The number of nitrogens with two attached hydrogens (primary N) is 1. The first-order valence-electron chi connectivity index (χ1n) is 7.29. The summed E-state index contributed by atoms with van der Waals surface area (Å²) >= 11 is 0. The first-order valence-corrected chi connectivity index (χ1v) is 7.29. The van der Waals surface area contributed by atoms with Gasteiger partial charge < -0.3 is 0 Å². The number of hydrogen-bond donors (Lipinski definition) is 2. The maximum absolute atomic E-state index is 5.73. The van der Waals surface area contributed by atoms with Crippen molar-refractivity contribution in [3.8, 4) is 0 Å². The van der Waals surface area contributed by atoms with Gasteiger partial charge in [0.15, 0.2) is 0 Å². The minimum atomic E-state index is 0.225. The molecule has 1 aromatic rings. The van der Waals surface area contributed by atoms with Crippen LogP contribution in [0, 0.1) is 11.3 Å². The van der Waals surface area contributed by atoms with Gasteiger partial charge in [-0.25, -0.2) is 0 Å². The third-order valence-electron chi connectivity index (χ3n) is 4.57. The molecule has 19 heavy (non-hydrogen) atoms. The molecule has 1 fully saturated rings. The van der Waals surface area contributed by atoms with Crippen LogP contribution in [0.4, 0.5) is 0 Å². The van der Waals surface area contributed by atoms with Crippen molar-refractivity contribution in [2.24, 2.45) is 17.2 Å². The molecule has 2 atom stereocenters. The summed E-state index contributed by atoms with van der Waals surface area (Å²) in [4.78, 5) is 0. The van der Waals surface area contributed by atoms with E-state index >= 15 is 0 Å². The fourth-order valence-electron chi connectivity index (χ4n) is 2.91. The monoisotopic (exact) mass is 260 g/mol. The van der Waals surface area contributed by atoms with Gasteiger partial charge in [0.05, 0.1) is 0 Å². The molecule has 0 aromatic heterocycles. The van der Waals surface area contributed by atoms with E-state index in [0.717, 1.165) is 6.42 Å². The minimum Gasteiger partial charge on any atom is -0.271 e. The van der Waals surface area contributed by atoms with Crippen molar-refractivity contribution in [3.63, 3.8) is 0 Å². The van der Waals surface area contributed by atoms with Gasteiger partial charge in [-0.3, -0.25) is 11.3 Å². The molecule has 2 nitrogen and oxygen atoms in total. The van der Waals surface area contributed by atoms with Gasteiger partial charge in [0.1, 0.15) is 0 Å². The third kappa shape index (κ3) is 3.37. The van der Waals surface area contributed by atoms with Gasteiger partial charge in [0.2, 0.25) is 0 Å². The molecule has 0 saturated heterocycles. The summed E-state index contributed by atoms with van der Waals surface area (Å²) in [7, 11) is 0. The van der Waals surface area contributed by atoms with Crippen molar-refractivity contribution in [3.05, 3.63) is 35.4 Å². The molecule has 1 saturated carbocycles. The Bertz CT molecular complexity index is 426. The fraction of sp³-hybridized carbons (Fsp3) is 0.647. The van der Waals surface area contributed by atoms with Crippen molar-refractivity contribution < 1.29 is 0 Å². The smallest absolute Gasteiger partial charge is 0.0284 e. The Kier molecular flexibility index (Phi) is 3.76. The second-order valence-electron chi connectivity index (χ2n) is 7.72. The lowest BCUT2D eigenvalue weighted by Crippen LogP contribution is -2.39. The second kappa shape index (κ2) is 4.92. The molecule has 3 N–H and O–H groups in total. The van der Waals surface area contributed by atoms with Crippen LogP contribution in [0.3, 0.4) is 0 Å². The predicted molar refractivity (Wildman–Crippen MR) is 81.8 cm³/mol. The summed E-state index contributed by atoms with van der Waals surface area (Å²) in [6.07, 6.45) is 2.30. The Balaban J connectivity index is 2.03. The molecule has 1 aliphatic rings. The zero-order valence-electron chi connectivity index (χ0n) is 13.0. The second-order valence-corrected chi connectivity index (χ2v) is 7.72. The van der Waals surface area contributed by atoms with E-state index in [2.05, 4.69) is 64.3 Å². The molecule has 0 heterocycles. The average molecular weight is 260 g/mol. The summed E-state index contributed by atoms with van der Waals surface area (Å²) < 4.78 is 0. The Labute approximate surface area is 117 Å². The molecule has 2 unspecified atom stereocenters. The summed E-state index contributed by atoms with van der Waals surface area (Å²) in [5.41, 5.74) is 6.46. The molecule has 0 aliphatic heterocycles. The highest BCUT2D eigenvalue weighted by Gasteiger charge is 2.49. The van der Waals surface area contributed by atoms with E-state index in [1.807, 2.05) is 0 Å². The molecule has 0 radical (unpaired) electrons. The average Bonchev–Trinajstić information content (AvgIpc) is 2.94. The summed E-state index contributed by atoms with van der Waals surface area (Å²) in [6, 6.07) is 9.40. The Hall–Kier alpha value is -0.860. The highest BCUT2D eigenvalue weighted by Crippen LogP contribution is 2.53. The number of nitrogens with one attached hydrogen (secondary N) is 1. The van der Waals surface area contributed by atoms with E-state index in [1.54, 1.807) is 0 Å². The first kappa shape index (κ1) is 14.5. The van der Waals surface area contributed by atoms with Crippen LogP contribution in [0.2, 0.25) is 0 Å². The molecular formula is C17H28N2. The van der Waals surface area contributed by atoms with Gasteiger partial charge in [-0.2, -0.15) is 0 Å². The number of hydrogen-bond acceptors (Lipinski definition) is 2. The van der Waals surface area contributed by atoms with Crippen LogP contribution in [-0.2, 0) is 11.8 Å². The van der Waals surface area contributed by atoms with Crippen molar-refractivity contribution >= 4 is 0 Å². The Morgan fingerprint density at radius 3 is 2.16 bits per heavy atom. The van der Waals surface area contributed by atoms with Crippen molar-refractivity contribution in [1.82, 2.24) is 5.43 Å². The molecule has 2 heteroatoms. The standard InChI is InChI=1S/C17H28N2/c1-16(2,3)13-8-6-12(7-9-13)10-15(19-18)14-11-17(14,4)5/h6-9,14-15,19H,10-11,18H2,1-5H3. The van der Waals surface area contributed by atoms with Gasteiger partial charge >= 0.3 is 0 Å². The van der Waals surface area contributed by atoms with Gasteiger partial charge in [-0.1, -0.05) is 58.9 Å². The fourth-order valence-corrected chi connectivity index (χ4v) is 2.91. The van der Waals surface area contributed by atoms with E-state index in [0.29, 0.717) is 17.4 Å². The SMILES string of the molecule is CC(C)(C)c1ccc(CC(NN)C2CC2(C)C)cc1. The first-order chi connectivity index (χ1) is 8.74. The van der Waals surface area contributed by atoms with E-state index in [4.69, 9.17) is 5.84 Å². The molecule has 2 rings (SSSR count). The summed E-state index contributed by atoms with van der Waals surface area (Å²) in [5.74, 6) is 6.44. The topological polar surface area (TPSA) is 38.0 Å².